The lowest BCUT2D eigenvalue weighted by Crippen LogP contribution is -2.39. The molecular formula is C15H15F4NO3. The summed E-state index contributed by atoms with van der Waals surface area (Å²) in [5.74, 6) is -3.40. The van der Waals surface area contributed by atoms with Crippen LogP contribution in [-0.2, 0) is 11.0 Å². The lowest BCUT2D eigenvalue weighted by Gasteiger charge is -2.27. The number of alkyl halides is 3. The smallest absolute Gasteiger partial charge is 0.417 e. The third-order valence-corrected chi connectivity index (χ3v) is 3.94. The van der Waals surface area contributed by atoms with Crippen molar-refractivity contribution in [2.24, 2.45) is 5.92 Å². The van der Waals surface area contributed by atoms with Gasteiger partial charge in [-0.3, -0.25) is 9.59 Å². The highest BCUT2D eigenvalue weighted by Crippen LogP contribution is 2.33. The molecule has 0 aliphatic heterocycles. The van der Waals surface area contributed by atoms with Gasteiger partial charge in [0.15, 0.2) is 0 Å². The SMILES string of the molecule is O=C(NC1CCC(C(=O)O)CC1)c1ccc(F)cc1C(F)(F)F. The summed E-state index contributed by atoms with van der Waals surface area (Å²) in [6.07, 6.45) is -3.36. The molecule has 0 unspecified atom stereocenters. The molecule has 0 bridgehead atoms. The number of carbonyl (C=O) groups is 2. The summed E-state index contributed by atoms with van der Waals surface area (Å²) in [5.41, 5.74) is -1.96. The maximum absolute atomic E-state index is 13.0. The topological polar surface area (TPSA) is 66.4 Å². The summed E-state index contributed by atoms with van der Waals surface area (Å²) < 4.78 is 51.7. The van der Waals surface area contributed by atoms with E-state index in [0.717, 1.165) is 12.1 Å². The molecule has 0 heterocycles. The second kappa shape index (κ2) is 6.55. The molecule has 1 aliphatic carbocycles. The van der Waals surface area contributed by atoms with Crippen LogP contribution in [0.15, 0.2) is 18.2 Å². The largest absolute Gasteiger partial charge is 0.481 e. The van der Waals surface area contributed by atoms with Gasteiger partial charge < -0.3 is 10.4 Å². The van der Waals surface area contributed by atoms with Gasteiger partial charge in [-0.1, -0.05) is 0 Å². The first-order chi connectivity index (χ1) is 10.7. The summed E-state index contributed by atoms with van der Waals surface area (Å²) in [5, 5.41) is 11.4. The molecule has 1 aromatic carbocycles. The fraction of sp³-hybridized carbons (Fsp3) is 0.467. The zero-order valence-corrected chi connectivity index (χ0v) is 12.0. The van der Waals surface area contributed by atoms with Crippen LogP contribution in [0.3, 0.4) is 0 Å². The minimum Gasteiger partial charge on any atom is -0.481 e. The predicted octanol–water partition coefficient (Wildman–Crippen LogP) is 3.22. The normalized spacial score (nSPS) is 21.7. The van der Waals surface area contributed by atoms with Gasteiger partial charge in [0.2, 0.25) is 0 Å². The number of aliphatic carboxylic acids is 1. The molecule has 1 aliphatic rings. The Morgan fingerprint density at radius 2 is 1.74 bits per heavy atom. The Bertz CT molecular complexity index is 607. The van der Waals surface area contributed by atoms with Gasteiger partial charge in [-0.15, -0.1) is 0 Å². The van der Waals surface area contributed by atoms with Crippen molar-refractivity contribution in [3.05, 3.63) is 35.1 Å². The van der Waals surface area contributed by atoms with Crippen molar-refractivity contribution in [1.82, 2.24) is 5.32 Å². The van der Waals surface area contributed by atoms with E-state index in [1.54, 1.807) is 0 Å². The number of amides is 1. The molecule has 2 rings (SSSR count). The summed E-state index contributed by atoms with van der Waals surface area (Å²) in [6, 6.07) is 1.50. The lowest BCUT2D eigenvalue weighted by atomic mass is 9.86. The number of benzene rings is 1. The van der Waals surface area contributed by atoms with Crippen LogP contribution in [0.4, 0.5) is 17.6 Å². The second-order valence-corrected chi connectivity index (χ2v) is 5.55. The Morgan fingerprint density at radius 3 is 2.26 bits per heavy atom. The molecular weight excluding hydrogens is 318 g/mol. The Kier molecular flexibility index (Phi) is 4.91. The Labute approximate surface area is 129 Å². The van der Waals surface area contributed by atoms with E-state index in [1.165, 1.54) is 0 Å². The molecule has 1 amide bonds. The van der Waals surface area contributed by atoms with Crippen molar-refractivity contribution < 1.29 is 32.3 Å². The van der Waals surface area contributed by atoms with E-state index in [-0.39, 0.29) is 12.1 Å². The van der Waals surface area contributed by atoms with E-state index in [2.05, 4.69) is 5.32 Å². The van der Waals surface area contributed by atoms with Crippen LogP contribution in [0.25, 0.3) is 0 Å². The lowest BCUT2D eigenvalue weighted by molar-refractivity contribution is -0.143. The molecule has 1 saturated carbocycles. The van der Waals surface area contributed by atoms with Crippen LogP contribution in [0, 0.1) is 11.7 Å². The number of carboxylic acids is 1. The van der Waals surface area contributed by atoms with Gasteiger partial charge in [-0.05, 0) is 43.9 Å². The minimum absolute atomic E-state index is 0.288. The average Bonchev–Trinajstić information content (AvgIpc) is 2.46. The first kappa shape index (κ1) is 17.2. The highest BCUT2D eigenvalue weighted by atomic mass is 19.4. The fourth-order valence-corrected chi connectivity index (χ4v) is 2.70. The summed E-state index contributed by atoms with van der Waals surface area (Å²) in [4.78, 5) is 22.9. The molecule has 0 radical (unpaired) electrons. The molecule has 1 fully saturated rings. The summed E-state index contributed by atoms with van der Waals surface area (Å²) in [6.45, 7) is 0. The molecule has 126 valence electrons. The van der Waals surface area contributed by atoms with Crippen LogP contribution in [0.1, 0.15) is 41.6 Å². The van der Waals surface area contributed by atoms with Crippen LogP contribution in [0.2, 0.25) is 0 Å². The monoisotopic (exact) mass is 333 g/mol. The standard InChI is InChI=1S/C15H15F4NO3/c16-9-3-6-11(12(7-9)15(17,18)19)13(21)20-10-4-1-8(2-5-10)14(22)23/h3,6-8,10H,1-2,4-5H2,(H,20,21)(H,22,23). The molecule has 23 heavy (non-hydrogen) atoms. The highest BCUT2D eigenvalue weighted by Gasteiger charge is 2.36. The fourth-order valence-electron chi connectivity index (χ4n) is 2.70. The van der Waals surface area contributed by atoms with Crippen molar-refractivity contribution in [2.45, 2.75) is 37.9 Å². The first-order valence-electron chi connectivity index (χ1n) is 7.09. The quantitative estimate of drug-likeness (QED) is 0.835. The van der Waals surface area contributed by atoms with Crippen molar-refractivity contribution >= 4 is 11.9 Å². The average molecular weight is 333 g/mol. The zero-order valence-electron chi connectivity index (χ0n) is 12.0. The van der Waals surface area contributed by atoms with Gasteiger partial charge in [0.1, 0.15) is 5.82 Å². The highest BCUT2D eigenvalue weighted by molar-refractivity contribution is 5.96. The van der Waals surface area contributed by atoms with Crippen LogP contribution in [-0.4, -0.2) is 23.0 Å². The predicted molar refractivity (Wildman–Crippen MR) is 72.3 cm³/mol. The Balaban J connectivity index is 2.09. The van der Waals surface area contributed by atoms with Crippen LogP contribution < -0.4 is 5.32 Å². The van der Waals surface area contributed by atoms with E-state index >= 15 is 0 Å². The van der Waals surface area contributed by atoms with Gasteiger partial charge in [0.25, 0.3) is 5.91 Å². The van der Waals surface area contributed by atoms with Gasteiger partial charge in [0.05, 0.1) is 17.0 Å². The number of hydrogen-bond donors (Lipinski definition) is 2. The van der Waals surface area contributed by atoms with Crippen molar-refractivity contribution in [3.63, 3.8) is 0 Å². The second-order valence-electron chi connectivity index (χ2n) is 5.55. The molecule has 2 N–H and O–H groups in total. The van der Waals surface area contributed by atoms with Crippen molar-refractivity contribution in [2.75, 3.05) is 0 Å². The van der Waals surface area contributed by atoms with Crippen molar-refractivity contribution in [3.8, 4) is 0 Å². The number of carbonyl (C=O) groups excluding carboxylic acids is 1. The number of halogens is 4. The minimum atomic E-state index is -4.84. The molecule has 8 heteroatoms. The van der Waals surface area contributed by atoms with E-state index in [1.807, 2.05) is 0 Å². The summed E-state index contributed by atoms with van der Waals surface area (Å²) >= 11 is 0. The maximum atomic E-state index is 13.0. The van der Waals surface area contributed by atoms with Crippen LogP contribution >= 0.6 is 0 Å². The zero-order chi connectivity index (χ0) is 17.2. The van der Waals surface area contributed by atoms with Gasteiger partial charge in [-0.2, -0.15) is 13.2 Å². The number of carboxylic acid groups (broad SMARTS) is 1. The summed E-state index contributed by atoms with van der Waals surface area (Å²) in [7, 11) is 0. The molecule has 0 aromatic heterocycles. The number of hydrogen-bond acceptors (Lipinski definition) is 2. The van der Waals surface area contributed by atoms with Gasteiger partial charge >= 0.3 is 12.1 Å². The molecule has 0 saturated heterocycles. The van der Waals surface area contributed by atoms with Crippen LogP contribution in [0.5, 0.6) is 0 Å². The van der Waals surface area contributed by atoms with E-state index in [0.29, 0.717) is 25.7 Å². The third-order valence-electron chi connectivity index (χ3n) is 3.94. The molecule has 0 atom stereocenters. The number of nitrogens with one attached hydrogen (secondary N) is 1. The van der Waals surface area contributed by atoms with E-state index < -0.39 is 40.9 Å². The van der Waals surface area contributed by atoms with Crippen molar-refractivity contribution in [1.29, 1.82) is 0 Å². The molecule has 4 nitrogen and oxygen atoms in total. The Hall–Kier alpha value is -2.12. The molecule has 0 spiro atoms. The number of rotatable bonds is 3. The third kappa shape index (κ3) is 4.20. The molecule has 1 aromatic rings. The van der Waals surface area contributed by atoms with Gasteiger partial charge in [0, 0.05) is 6.04 Å². The van der Waals surface area contributed by atoms with Gasteiger partial charge in [-0.25, -0.2) is 4.39 Å². The Morgan fingerprint density at radius 1 is 1.13 bits per heavy atom. The van der Waals surface area contributed by atoms with E-state index in [9.17, 15) is 27.2 Å². The van der Waals surface area contributed by atoms with E-state index in [4.69, 9.17) is 5.11 Å². The first-order valence-corrected chi connectivity index (χ1v) is 7.09. The maximum Gasteiger partial charge on any atom is 0.417 e.